The highest BCUT2D eigenvalue weighted by Gasteiger charge is 2.22. The normalized spacial score (nSPS) is 16.8. The van der Waals surface area contributed by atoms with Gasteiger partial charge in [0, 0.05) is 30.9 Å². The average Bonchev–Trinajstić information content (AvgIpc) is 2.72. The van der Waals surface area contributed by atoms with Gasteiger partial charge in [-0.15, -0.1) is 0 Å². The van der Waals surface area contributed by atoms with Crippen LogP contribution in [-0.4, -0.2) is 44.2 Å². The van der Waals surface area contributed by atoms with Gasteiger partial charge in [-0.1, -0.05) is 12.1 Å². The van der Waals surface area contributed by atoms with E-state index >= 15 is 0 Å². The molecule has 2 aromatic rings. The summed E-state index contributed by atoms with van der Waals surface area (Å²) >= 11 is 0. The number of carbonyl (C=O) groups is 1. The number of hydrogen-bond acceptors (Lipinski definition) is 4. The molecule has 0 bridgehead atoms. The molecule has 1 saturated heterocycles. The molecule has 6 heteroatoms. The highest BCUT2D eigenvalue weighted by molar-refractivity contribution is 5.92. The Morgan fingerprint density at radius 3 is 2.75 bits per heavy atom. The van der Waals surface area contributed by atoms with Gasteiger partial charge in [-0.25, -0.2) is 4.39 Å². The highest BCUT2D eigenvalue weighted by Crippen LogP contribution is 2.28. The van der Waals surface area contributed by atoms with Crippen molar-refractivity contribution in [2.45, 2.75) is 18.9 Å². The molecule has 1 amide bonds. The van der Waals surface area contributed by atoms with Gasteiger partial charge < -0.3 is 19.7 Å². The third kappa shape index (κ3) is 5.03. The number of carbonyl (C=O) groups excluding carboxylic acids is 1. The SMILES string of the molecule is COc1ccc(/C=C/C(=O)N2CCC[C@H](Nc3cccc(F)c3)C2)cc1OC. The molecule has 1 atom stereocenters. The summed E-state index contributed by atoms with van der Waals surface area (Å²) in [6, 6.07) is 12.0. The van der Waals surface area contributed by atoms with E-state index in [1.807, 2.05) is 29.2 Å². The van der Waals surface area contributed by atoms with Crippen molar-refractivity contribution >= 4 is 17.7 Å². The third-order valence-electron chi connectivity index (χ3n) is 4.75. The van der Waals surface area contributed by atoms with E-state index < -0.39 is 0 Å². The molecule has 0 spiro atoms. The van der Waals surface area contributed by atoms with Crippen LogP contribution in [0.3, 0.4) is 0 Å². The predicted octanol–water partition coefficient (Wildman–Crippen LogP) is 3.96. The molecule has 0 aromatic heterocycles. The van der Waals surface area contributed by atoms with Gasteiger partial charge >= 0.3 is 0 Å². The van der Waals surface area contributed by atoms with Gasteiger partial charge in [0.05, 0.1) is 14.2 Å². The number of ether oxygens (including phenoxy) is 2. The number of anilines is 1. The monoisotopic (exact) mass is 384 g/mol. The zero-order valence-electron chi connectivity index (χ0n) is 16.2. The summed E-state index contributed by atoms with van der Waals surface area (Å²) in [6.45, 7) is 1.31. The lowest BCUT2D eigenvalue weighted by atomic mass is 10.0. The first-order valence-corrected chi connectivity index (χ1v) is 9.30. The summed E-state index contributed by atoms with van der Waals surface area (Å²) in [6.07, 6.45) is 5.20. The number of methoxy groups -OCH3 is 2. The fourth-order valence-corrected chi connectivity index (χ4v) is 3.34. The van der Waals surface area contributed by atoms with Crippen molar-refractivity contribution in [1.29, 1.82) is 0 Å². The van der Waals surface area contributed by atoms with Crippen molar-refractivity contribution in [3.8, 4) is 11.5 Å². The van der Waals surface area contributed by atoms with E-state index in [1.54, 1.807) is 32.4 Å². The second-order valence-electron chi connectivity index (χ2n) is 6.73. The van der Waals surface area contributed by atoms with E-state index in [0.717, 1.165) is 30.6 Å². The van der Waals surface area contributed by atoms with Crippen LogP contribution in [0.2, 0.25) is 0 Å². The zero-order chi connectivity index (χ0) is 19.9. The van der Waals surface area contributed by atoms with Crippen molar-refractivity contribution in [2.24, 2.45) is 0 Å². The highest BCUT2D eigenvalue weighted by atomic mass is 19.1. The zero-order valence-corrected chi connectivity index (χ0v) is 16.2. The first-order valence-electron chi connectivity index (χ1n) is 9.30. The van der Waals surface area contributed by atoms with Crippen LogP contribution in [0.15, 0.2) is 48.5 Å². The average molecular weight is 384 g/mol. The van der Waals surface area contributed by atoms with E-state index in [-0.39, 0.29) is 17.8 Å². The first kappa shape index (κ1) is 19.7. The van der Waals surface area contributed by atoms with Crippen LogP contribution < -0.4 is 14.8 Å². The first-order chi connectivity index (χ1) is 13.6. The molecule has 2 aromatic carbocycles. The summed E-state index contributed by atoms with van der Waals surface area (Å²) in [5.74, 6) is 0.954. The summed E-state index contributed by atoms with van der Waals surface area (Å²) < 4.78 is 23.9. The molecular weight excluding hydrogens is 359 g/mol. The van der Waals surface area contributed by atoms with Gasteiger partial charge in [0.1, 0.15) is 5.82 Å². The van der Waals surface area contributed by atoms with Gasteiger partial charge in [-0.05, 0) is 54.8 Å². The van der Waals surface area contributed by atoms with Crippen molar-refractivity contribution < 1.29 is 18.7 Å². The largest absolute Gasteiger partial charge is 0.493 e. The second kappa shape index (κ2) is 9.26. The third-order valence-corrected chi connectivity index (χ3v) is 4.75. The van der Waals surface area contributed by atoms with Crippen LogP contribution in [0.5, 0.6) is 11.5 Å². The van der Waals surface area contributed by atoms with Crippen LogP contribution in [0.25, 0.3) is 6.08 Å². The van der Waals surface area contributed by atoms with E-state index in [4.69, 9.17) is 9.47 Å². The molecule has 0 unspecified atom stereocenters. The topological polar surface area (TPSA) is 50.8 Å². The van der Waals surface area contributed by atoms with Crippen molar-refractivity contribution in [2.75, 3.05) is 32.6 Å². The maximum Gasteiger partial charge on any atom is 0.246 e. The Kier molecular flexibility index (Phi) is 6.53. The maximum atomic E-state index is 13.4. The minimum Gasteiger partial charge on any atom is -0.493 e. The molecule has 28 heavy (non-hydrogen) atoms. The molecule has 3 rings (SSSR count). The van der Waals surface area contributed by atoms with Gasteiger partial charge in [0.2, 0.25) is 5.91 Å². The van der Waals surface area contributed by atoms with Crippen molar-refractivity contribution in [1.82, 2.24) is 4.90 Å². The summed E-state index contributed by atoms with van der Waals surface area (Å²) in [4.78, 5) is 14.4. The number of nitrogens with one attached hydrogen (secondary N) is 1. The Bertz CT molecular complexity index is 853. The molecule has 1 N–H and O–H groups in total. The molecule has 1 aliphatic rings. The number of hydrogen-bond donors (Lipinski definition) is 1. The van der Waals surface area contributed by atoms with Crippen LogP contribution >= 0.6 is 0 Å². The quantitative estimate of drug-likeness (QED) is 0.766. The molecular formula is C22H25FN2O3. The predicted molar refractivity (Wildman–Crippen MR) is 108 cm³/mol. The van der Waals surface area contributed by atoms with Crippen molar-refractivity contribution in [3.05, 3.63) is 59.9 Å². The number of halogens is 1. The molecule has 0 radical (unpaired) electrons. The number of likely N-dealkylation sites (tertiary alicyclic amines) is 1. The fourth-order valence-electron chi connectivity index (χ4n) is 3.34. The Morgan fingerprint density at radius 2 is 2.00 bits per heavy atom. The van der Waals surface area contributed by atoms with Gasteiger partial charge in [-0.2, -0.15) is 0 Å². The number of nitrogens with zero attached hydrogens (tertiary/aromatic N) is 1. The van der Waals surface area contributed by atoms with E-state index in [1.165, 1.54) is 12.1 Å². The number of amides is 1. The standard InChI is InChI=1S/C22H25FN2O3/c1-27-20-10-8-16(13-21(20)28-2)9-11-22(26)25-12-4-7-19(15-25)24-18-6-3-5-17(23)14-18/h3,5-6,8-11,13-14,19,24H,4,7,12,15H2,1-2H3/b11-9+/t19-/m0/s1. The van der Waals surface area contributed by atoms with Crippen LogP contribution in [0, 0.1) is 5.82 Å². The van der Waals surface area contributed by atoms with Crippen LogP contribution in [0.1, 0.15) is 18.4 Å². The maximum absolute atomic E-state index is 13.4. The van der Waals surface area contributed by atoms with Gasteiger partial charge in [0.15, 0.2) is 11.5 Å². The molecule has 1 heterocycles. The lowest BCUT2D eigenvalue weighted by Gasteiger charge is -2.33. The van der Waals surface area contributed by atoms with Gasteiger partial charge in [-0.3, -0.25) is 4.79 Å². The van der Waals surface area contributed by atoms with Crippen molar-refractivity contribution in [3.63, 3.8) is 0 Å². The van der Waals surface area contributed by atoms with E-state index in [2.05, 4.69) is 5.32 Å². The lowest BCUT2D eigenvalue weighted by Crippen LogP contribution is -2.44. The smallest absolute Gasteiger partial charge is 0.246 e. The van der Waals surface area contributed by atoms with Gasteiger partial charge in [0.25, 0.3) is 0 Å². The van der Waals surface area contributed by atoms with Crippen LogP contribution in [0.4, 0.5) is 10.1 Å². The summed E-state index contributed by atoms with van der Waals surface area (Å²) in [5, 5.41) is 3.32. The number of rotatable bonds is 6. The summed E-state index contributed by atoms with van der Waals surface area (Å²) in [7, 11) is 3.16. The number of piperidine rings is 1. The fraction of sp³-hybridized carbons (Fsp3) is 0.318. The molecule has 0 saturated carbocycles. The Balaban J connectivity index is 1.61. The van der Waals surface area contributed by atoms with E-state index in [9.17, 15) is 9.18 Å². The Hall–Kier alpha value is -3.02. The molecule has 148 valence electrons. The minimum absolute atomic E-state index is 0.0412. The van der Waals surface area contributed by atoms with E-state index in [0.29, 0.717) is 18.0 Å². The molecule has 1 aliphatic heterocycles. The number of benzene rings is 2. The Labute approximate surface area is 164 Å². The molecule has 1 fully saturated rings. The second-order valence-corrected chi connectivity index (χ2v) is 6.73. The Morgan fingerprint density at radius 1 is 1.18 bits per heavy atom. The summed E-state index contributed by atoms with van der Waals surface area (Å²) in [5.41, 5.74) is 1.60. The van der Waals surface area contributed by atoms with Crippen LogP contribution in [-0.2, 0) is 4.79 Å². The molecule has 0 aliphatic carbocycles. The minimum atomic E-state index is -0.272. The lowest BCUT2D eigenvalue weighted by molar-refractivity contribution is -0.126. The molecule has 5 nitrogen and oxygen atoms in total.